The van der Waals surface area contributed by atoms with Crippen LogP contribution in [0, 0.1) is 0 Å². The predicted octanol–water partition coefficient (Wildman–Crippen LogP) is 1.81. The molecule has 0 bridgehead atoms. The van der Waals surface area contributed by atoms with E-state index < -0.39 is 0 Å². The topological polar surface area (TPSA) is 61.9 Å². The number of urea groups is 1. The molecule has 1 N–H and O–H groups in total. The summed E-state index contributed by atoms with van der Waals surface area (Å²) in [6.07, 6.45) is 0. The third kappa shape index (κ3) is 4.45. The molecule has 0 aromatic heterocycles. The Hall–Kier alpha value is -2.08. The highest BCUT2D eigenvalue weighted by Crippen LogP contribution is 2.23. The fourth-order valence-corrected chi connectivity index (χ4v) is 2.53. The summed E-state index contributed by atoms with van der Waals surface area (Å²) in [7, 11) is 1.58. The van der Waals surface area contributed by atoms with Gasteiger partial charge in [-0.3, -0.25) is 9.69 Å². The molecular formula is C17H25N3O3. The first-order valence-corrected chi connectivity index (χ1v) is 7.95. The van der Waals surface area contributed by atoms with Crippen molar-refractivity contribution in [2.75, 3.05) is 44.8 Å². The smallest absolute Gasteiger partial charge is 0.325 e. The Bertz CT molecular complexity index is 543. The second kappa shape index (κ2) is 7.97. The van der Waals surface area contributed by atoms with Crippen LogP contribution < -0.4 is 10.2 Å². The fraction of sp³-hybridized carbons (Fsp3) is 0.529. The number of nitrogens with one attached hydrogen (secondary N) is 1. The summed E-state index contributed by atoms with van der Waals surface area (Å²) in [5.41, 5.74) is 2.12. The molecule has 2 rings (SSSR count). The first kappa shape index (κ1) is 17.3. The highest BCUT2D eigenvalue weighted by Gasteiger charge is 2.30. The van der Waals surface area contributed by atoms with Gasteiger partial charge in [-0.05, 0) is 23.6 Å². The molecule has 1 aliphatic heterocycles. The first-order valence-electron chi connectivity index (χ1n) is 7.95. The molecule has 6 heteroatoms. The maximum atomic E-state index is 12.4. The second-order valence-electron chi connectivity index (χ2n) is 5.94. The quantitative estimate of drug-likeness (QED) is 0.780. The van der Waals surface area contributed by atoms with Crippen molar-refractivity contribution in [1.82, 2.24) is 10.2 Å². The van der Waals surface area contributed by atoms with Gasteiger partial charge in [-0.1, -0.05) is 26.0 Å². The summed E-state index contributed by atoms with van der Waals surface area (Å²) in [4.78, 5) is 27.5. The Morgan fingerprint density at radius 3 is 2.57 bits per heavy atom. The molecule has 1 aromatic carbocycles. The lowest BCUT2D eigenvalue weighted by molar-refractivity contribution is -0.121. The van der Waals surface area contributed by atoms with Gasteiger partial charge < -0.3 is 15.0 Å². The van der Waals surface area contributed by atoms with Crippen LogP contribution in [0.15, 0.2) is 24.3 Å². The van der Waals surface area contributed by atoms with Crippen molar-refractivity contribution in [1.29, 1.82) is 0 Å². The van der Waals surface area contributed by atoms with Crippen molar-refractivity contribution in [3.8, 4) is 0 Å². The van der Waals surface area contributed by atoms with Crippen molar-refractivity contribution in [2.45, 2.75) is 19.8 Å². The van der Waals surface area contributed by atoms with Crippen LogP contribution in [0.2, 0.25) is 0 Å². The van der Waals surface area contributed by atoms with Gasteiger partial charge in [0, 0.05) is 32.4 Å². The minimum atomic E-state index is -0.160. The molecule has 0 spiro atoms. The van der Waals surface area contributed by atoms with Gasteiger partial charge in [-0.15, -0.1) is 0 Å². The van der Waals surface area contributed by atoms with Gasteiger partial charge in [0.25, 0.3) is 0 Å². The van der Waals surface area contributed by atoms with E-state index in [-0.39, 0.29) is 18.5 Å². The van der Waals surface area contributed by atoms with Gasteiger partial charge in [0.15, 0.2) is 0 Å². The summed E-state index contributed by atoms with van der Waals surface area (Å²) in [6, 6.07) is 7.91. The second-order valence-corrected chi connectivity index (χ2v) is 5.94. The van der Waals surface area contributed by atoms with Gasteiger partial charge >= 0.3 is 6.03 Å². The van der Waals surface area contributed by atoms with E-state index in [9.17, 15) is 9.59 Å². The number of nitrogens with zero attached hydrogens (tertiary/aromatic N) is 2. The number of rotatable bonds is 7. The van der Waals surface area contributed by atoms with E-state index >= 15 is 0 Å². The number of hydrogen-bond acceptors (Lipinski definition) is 3. The monoisotopic (exact) mass is 319 g/mol. The van der Waals surface area contributed by atoms with Crippen molar-refractivity contribution < 1.29 is 14.3 Å². The maximum absolute atomic E-state index is 12.4. The number of benzene rings is 1. The van der Waals surface area contributed by atoms with E-state index in [1.807, 2.05) is 24.3 Å². The highest BCUT2D eigenvalue weighted by atomic mass is 16.5. The minimum absolute atomic E-state index is 0.0864. The first-order chi connectivity index (χ1) is 11.0. The van der Waals surface area contributed by atoms with Crippen LogP contribution in [-0.4, -0.2) is 56.7 Å². The molecule has 0 radical (unpaired) electrons. The lowest BCUT2D eigenvalue weighted by Crippen LogP contribution is -2.40. The molecule has 1 heterocycles. The largest absolute Gasteiger partial charge is 0.383 e. The number of ether oxygens (including phenoxy) is 1. The zero-order chi connectivity index (χ0) is 16.8. The van der Waals surface area contributed by atoms with Crippen LogP contribution in [-0.2, 0) is 9.53 Å². The molecule has 3 amide bonds. The van der Waals surface area contributed by atoms with E-state index in [2.05, 4.69) is 19.2 Å². The van der Waals surface area contributed by atoms with Gasteiger partial charge in [0.2, 0.25) is 5.91 Å². The standard InChI is InChI=1S/C17H25N3O3/c1-13(2)14-4-6-15(7-5-14)20-10-9-19(17(20)22)12-16(21)18-8-11-23-3/h4-7,13H,8-12H2,1-3H3,(H,18,21). The van der Waals surface area contributed by atoms with E-state index in [0.717, 1.165) is 5.69 Å². The van der Waals surface area contributed by atoms with Crippen molar-refractivity contribution in [2.24, 2.45) is 0 Å². The molecule has 1 aromatic rings. The van der Waals surface area contributed by atoms with Crippen molar-refractivity contribution in [3.63, 3.8) is 0 Å². The highest BCUT2D eigenvalue weighted by molar-refractivity contribution is 5.96. The van der Waals surface area contributed by atoms with Gasteiger partial charge in [-0.25, -0.2) is 4.79 Å². The summed E-state index contributed by atoms with van der Waals surface area (Å²) in [6.45, 7) is 6.45. The Morgan fingerprint density at radius 2 is 1.96 bits per heavy atom. The third-order valence-corrected chi connectivity index (χ3v) is 3.93. The zero-order valence-corrected chi connectivity index (χ0v) is 14.0. The van der Waals surface area contributed by atoms with E-state index in [1.165, 1.54) is 5.56 Å². The van der Waals surface area contributed by atoms with Gasteiger partial charge in [-0.2, -0.15) is 0 Å². The number of carbonyl (C=O) groups is 2. The zero-order valence-electron chi connectivity index (χ0n) is 14.0. The molecule has 1 saturated heterocycles. The molecule has 0 atom stereocenters. The van der Waals surface area contributed by atoms with Gasteiger partial charge in [0.05, 0.1) is 6.61 Å². The number of methoxy groups -OCH3 is 1. The van der Waals surface area contributed by atoms with Crippen LogP contribution >= 0.6 is 0 Å². The van der Waals surface area contributed by atoms with E-state index in [4.69, 9.17) is 4.74 Å². The lowest BCUT2D eigenvalue weighted by atomic mass is 10.0. The molecule has 0 aliphatic carbocycles. The molecule has 0 unspecified atom stereocenters. The summed E-state index contributed by atoms with van der Waals surface area (Å²) in [5.74, 6) is 0.304. The fourth-order valence-electron chi connectivity index (χ4n) is 2.53. The Balaban J connectivity index is 1.92. The average Bonchev–Trinajstić information content (AvgIpc) is 2.88. The number of carbonyl (C=O) groups excluding carboxylic acids is 2. The van der Waals surface area contributed by atoms with Gasteiger partial charge in [0.1, 0.15) is 6.54 Å². The average molecular weight is 319 g/mol. The number of anilines is 1. The van der Waals surface area contributed by atoms with Crippen molar-refractivity contribution >= 4 is 17.6 Å². The predicted molar refractivity (Wildman–Crippen MR) is 89.7 cm³/mol. The maximum Gasteiger partial charge on any atom is 0.325 e. The molecule has 23 heavy (non-hydrogen) atoms. The van der Waals surface area contributed by atoms with Crippen LogP contribution in [0.3, 0.4) is 0 Å². The Labute approximate surface area is 137 Å². The number of amides is 3. The normalized spacial score (nSPS) is 14.7. The molecular weight excluding hydrogens is 294 g/mol. The number of hydrogen-bond donors (Lipinski definition) is 1. The minimum Gasteiger partial charge on any atom is -0.383 e. The summed E-state index contributed by atoms with van der Waals surface area (Å²) < 4.78 is 4.88. The lowest BCUT2D eigenvalue weighted by Gasteiger charge is -2.19. The molecule has 0 saturated carbocycles. The summed E-state index contributed by atoms with van der Waals surface area (Å²) >= 11 is 0. The van der Waals surface area contributed by atoms with E-state index in [1.54, 1.807) is 16.9 Å². The van der Waals surface area contributed by atoms with E-state index in [0.29, 0.717) is 32.2 Å². The molecule has 1 fully saturated rings. The van der Waals surface area contributed by atoms with Crippen molar-refractivity contribution in [3.05, 3.63) is 29.8 Å². The van der Waals surface area contributed by atoms with Crippen LogP contribution in [0.5, 0.6) is 0 Å². The molecule has 126 valence electrons. The molecule has 6 nitrogen and oxygen atoms in total. The van der Waals surface area contributed by atoms with Crippen LogP contribution in [0.4, 0.5) is 10.5 Å². The van der Waals surface area contributed by atoms with Crippen LogP contribution in [0.1, 0.15) is 25.3 Å². The van der Waals surface area contributed by atoms with Crippen LogP contribution in [0.25, 0.3) is 0 Å². The Morgan fingerprint density at radius 1 is 1.26 bits per heavy atom. The SMILES string of the molecule is COCCNC(=O)CN1CCN(c2ccc(C(C)C)cc2)C1=O. The molecule has 1 aliphatic rings. The Kier molecular flexibility index (Phi) is 5.98. The summed E-state index contributed by atoms with van der Waals surface area (Å²) in [5, 5.41) is 2.73. The third-order valence-electron chi connectivity index (χ3n) is 3.93.